The lowest BCUT2D eigenvalue weighted by molar-refractivity contribution is -0.141. The van der Waals surface area contributed by atoms with Gasteiger partial charge in [0.05, 0.1) is 16.1 Å². The van der Waals surface area contributed by atoms with Crippen LogP contribution in [0.3, 0.4) is 0 Å². The zero-order valence-electron chi connectivity index (χ0n) is 11.1. The average molecular weight is 376 g/mol. The number of para-hydroxylation sites is 1. The molecule has 0 radical (unpaired) electrons. The quantitative estimate of drug-likeness (QED) is 0.417. The molecule has 1 aromatic carbocycles. The largest absolute Gasteiger partial charge is 0.433 e. The molecule has 3 nitrogen and oxygen atoms in total. The lowest BCUT2D eigenvalue weighted by Gasteiger charge is -2.14. The van der Waals surface area contributed by atoms with Gasteiger partial charge in [0.1, 0.15) is 10.8 Å². The van der Waals surface area contributed by atoms with Crippen LogP contribution in [0, 0.1) is 4.77 Å². The smallest absolute Gasteiger partial charge is 0.267 e. The van der Waals surface area contributed by atoms with Crippen molar-refractivity contribution in [2.75, 3.05) is 0 Å². The number of hydrogen-bond donors (Lipinski definition) is 0. The van der Waals surface area contributed by atoms with E-state index in [-0.39, 0.29) is 21.0 Å². The second-order valence-electron chi connectivity index (χ2n) is 4.54. The summed E-state index contributed by atoms with van der Waals surface area (Å²) in [5.41, 5.74) is -0.736. The van der Waals surface area contributed by atoms with Gasteiger partial charge in [-0.25, -0.2) is 9.97 Å². The number of fused-ring (bicyclic) bond motifs is 1. The van der Waals surface area contributed by atoms with Gasteiger partial charge in [0.2, 0.25) is 4.77 Å². The van der Waals surface area contributed by atoms with E-state index >= 15 is 0 Å². The third-order valence-electron chi connectivity index (χ3n) is 3.08. The molecule has 23 heavy (non-hydrogen) atoms. The third kappa shape index (κ3) is 2.91. The van der Waals surface area contributed by atoms with Crippen molar-refractivity contribution in [1.29, 1.82) is 0 Å². The van der Waals surface area contributed by atoms with Gasteiger partial charge in [0.15, 0.2) is 5.65 Å². The number of aromatic nitrogens is 3. The van der Waals surface area contributed by atoms with E-state index in [1.807, 2.05) is 0 Å². The molecule has 118 valence electrons. The molecule has 0 aliphatic carbocycles. The Balaban J connectivity index is 2.46. The fourth-order valence-corrected chi connectivity index (χ4v) is 2.85. The van der Waals surface area contributed by atoms with E-state index in [0.29, 0.717) is 10.7 Å². The monoisotopic (exact) mass is 375 g/mol. The van der Waals surface area contributed by atoms with Gasteiger partial charge >= 0.3 is 6.18 Å². The first kappa shape index (κ1) is 16.2. The Morgan fingerprint density at radius 1 is 1.00 bits per heavy atom. The molecule has 0 saturated heterocycles. The summed E-state index contributed by atoms with van der Waals surface area (Å²) < 4.78 is 40.1. The summed E-state index contributed by atoms with van der Waals surface area (Å²) in [7, 11) is 0. The second kappa shape index (κ2) is 5.74. The van der Waals surface area contributed by atoms with Crippen LogP contribution in [0.1, 0.15) is 5.69 Å². The number of pyridine rings is 1. The topological polar surface area (TPSA) is 30.7 Å². The Morgan fingerprint density at radius 2 is 1.70 bits per heavy atom. The Hall–Kier alpha value is -1.70. The van der Waals surface area contributed by atoms with Crippen LogP contribution >= 0.6 is 35.4 Å². The predicted octanol–water partition coefficient (Wildman–Crippen LogP) is 5.48. The standard InChI is InChI=1S/C14H6Cl2F3N3S/c15-8-3-1-2-4-9(8)22-12-7(11(16)21-13(22)23)5-6-10(20-12)14(17,18)19/h1-6H. The van der Waals surface area contributed by atoms with E-state index in [2.05, 4.69) is 9.97 Å². The summed E-state index contributed by atoms with van der Waals surface area (Å²) in [6.07, 6.45) is -4.59. The zero-order valence-corrected chi connectivity index (χ0v) is 13.4. The molecule has 0 spiro atoms. The first-order valence-corrected chi connectivity index (χ1v) is 7.37. The van der Waals surface area contributed by atoms with Gasteiger partial charge in [0.25, 0.3) is 0 Å². The molecule has 0 unspecified atom stereocenters. The molecule has 0 saturated carbocycles. The average Bonchev–Trinajstić information content (AvgIpc) is 2.47. The molecule has 0 fully saturated rings. The maximum atomic E-state index is 13.0. The first-order valence-electron chi connectivity index (χ1n) is 6.20. The lowest BCUT2D eigenvalue weighted by atomic mass is 10.2. The van der Waals surface area contributed by atoms with Crippen LogP contribution in [-0.4, -0.2) is 14.5 Å². The van der Waals surface area contributed by atoms with Gasteiger partial charge in [-0.3, -0.25) is 4.57 Å². The molecule has 3 aromatic rings. The summed E-state index contributed by atoms with van der Waals surface area (Å²) in [4.78, 5) is 7.65. The van der Waals surface area contributed by atoms with E-state index in [0.717, 1.165) is 6.07 Å². The van der Waals surface area contributed by atoms with Crippen LogP contribution in [0.4, 0.5) is 13.2 Å². The Labute approximate surface area is 143 Å². The maximum absolute atomic E-state index is 13.0. The third-order valence-corrected chi connectivity index (χ3v) is 3.96. The molecule has 0 amide bonds. The number of alkyl halides is 3. The van der Waals surface area contributed by atoms with Crippen molar-refractivity contribution in [2.24, 2.45) is 0 Å². The van der Waals surface area contributed by atoms with Gasteiger partial charge < -0.3 is 0 Å². The van der Waals surface area contributed by atoms with Crippen LogP contribution in [0.5, 0.6) is 0 Å². The fraction of sp³-hybridized carbons (Fsp3) is 0.0714. The lowest BCUT2D eigenvalue weighted by Crippen LogP contribution is -2.11. The van der Waals surface area contributed by atoms with Crippen LogP contribution < -0.4 is 0 Å². The minimum atomic E-state index is -4.59. The molecular weight excluding hydrogens is 370 g/mol. The summed E-state index contributed by atoms with van der Waals surface area (Å²) in [6.45, 7) is 0. The highest BCUT2D eigenvalue weighted by molar-refractivity contribution is 7.71. The van der Waals surface area contributed by atoms with Gasteiger partial charge in [-0.05, 0) is 36.5 Å². The van der Waals surface area contributed by atoms with Crippen molar-refractivity contribution < 1.29 is 13.2 Å². The molecule has 0 atom stereocenters. The van der Waals surface area contributed by atoms with Crippen LogP contribution in [-0.2, 0) is 6.18 Å². The highest BCUT2D eigenvalue weighted by Crippen LogP contribution is 2.32. The van der Waals surface area contributed by atoms with Crippen molar-refractivity contribution in [3.63, 3.8) is 0 Å². The van der Waals surface area contributed by atoms with E-state index in [1.54, 1.807) is 24.3 Å². The van der Waals surface area contributed by atoms with Crippen LogP contribution in [0.2, 0.25) is 10.2 Å². The second-order valence-corrected chi connectivity index (χ2v) is 5.67. The number of halogens is 5. The summed E-state index contributed by atoms with van der Waals surface area (Å²) in [5.74, 6) is 0. The normalized spacial score (nSPS) is 11.9. The Kier molecular flexibility index (Phi) is 4.03. The number of rotatable bonds is 1. The van der Waals surface area contributed by atoms with E-state index in [4.69, 9.17) is 35.4 Å². The van der Waals surface area contributed by atoms with Crippen molar-refractivity contribution in [3.05, 3.63) is 57.0 Å². The number of nitrogens with zero attached hydrogens (tertiary/aromatic N) is 3. The minimum absolute atomic E-state index is 0.0190. The van der Waals surface area contributed by atoms with Gasteiger partial charge in [-0.15, -0.1) is 0 Å². The SMILES string of the molecule is FC(F)(F)c1ccc2c(Cl)nc(=S)n(-c3ccccc3Cl)c2n1. The predicted molar refractivity (Wildman–Crippen MR) is 84.7 cm³/mol. The zero-order chi connectivity index (χ0) is 16.8. The summed E-state index contributed by atoms with van der Waals surface area (Å²) >= 11 is 17.2. The van der Waals surface area contributed by atoms with E-state index in [1.165, 1.54) is 10.6 Å². The maximum Gasteiger partial charge on any atom is 0.433 e. The summed E-state index contributed by atoms with van der Waals surface area (Å²) in [5, 5.41) is 0.524. The first-order chi connectivity index (χ1) is 10.8. The molecule has 3 rings (SSSR count). The van der Waals surface area contributed by atoms with Crippen LogP contribution in [0.15, 0.2) is 36.4 Å². The molecule has 2 heterocycles. The Morgan fingerprint density at radius 3 is 2.35 bits per heavy atom. The van der Waals surface area contributed by atoms with Crippen molar-refractivity contribution in [2.45, 2.75) is 6.18 Å². The fourth-order valence-electron chi connectivity index (χ4n) is 2.07. The van der Waals surface area contributed by atoms with Gasteiger partial charge in [-0.2, -0.15) is 13.2 Å². The number of hydrogen-bond acceptors (Lipinski definition) is 3. The van der Waals surface area contributed by atoms with Gasteiger partial charge in [0, 0.05) is 0 Å². The molecular formula is C14H6Cl2F3N3S. The van der Waals surface area contributed by atoms with Gasteiger partial charge in [-0.1, -0.05) is 35.3 Å². The molecule has 0 aliphatic rings. The molecule has 2 aromatic heterocycles. The molecule has 0 N–H and O–H groups in total. The highest BCUT2D eigenvalue weighted by Gasteiger charge is 2.33. The Bertz CT molecular complexity index is 970. The number of benzene rings is 1. The molecule has 9 heteroatoms. The van der Waals surface area contributed by atoms with Crippen LogP contribution in [0.25, 0.3) is 16.7 Å². The highest BCUT2D eigenvalue weighted by atomic mass is 35.5. The van der Waals surface area contributed by atoms with E-state index < -0.39 is 11.9 Å². The van der Waals surface area contributed by atoms with E-state index in [9.17, 15) is 13.2 Å². The minimum Gasteiger partial charge on any atom is -0.267 e. The van der Waals surface area contributed by atoms with Crippen molar-refractivity contribution in [1.82, 2.24) is 14.5 Å². The van der Waals surface area contributed by atoms with Crippen molar-refractivity contribution in [3.8, 4) is 5.69 Å². The summed E-state index contributed by atoms with van der Waals surface area (Å²) in [6, 6.07) is 8.62. The molecule has 0 bridgehead atoms. The molecule has 0 aliphatic heterocycles. The van der Waals surface area contributed by atoms with Crippen molar-refractivity contribution >= 4 is 46.5 Å².